The topological polar surface area (TPSA) is 106 Å². The van der Waals surface area contributed by atoms with Crippen LogP contribution in [0.15, 0.2) is 48.7 Å². The van der Waals surface area contributed by atoms with E-state index in [0.29, 0.717) is 34.1 Å². The summed E-state index contributed by atoms with van der Waals surface area (Å²) in [5.74, 6) is 0.0377. The molecule has 0 atom stereocenters. The van der Waals surface area contributed by atoms with Crippen molar-refractivity contribution in [1.82, 2.24) is 19.5 Å². The molecular formula is C23H20F3N7O2. The lowest BCUT2D eigenvalue weighted by Gasteiger charge is -2.31. The number of benzene rings is 2. The molecule has 1 amide bonds. The lowest BCUT2D eigenvalue weighted by Crippen LogP contribution is -2.45. The fourth-order valence-electron chi connectivity index (χ4n) is 3.69. The van der Waals surface area contributed by atoms with Gasteiger partial charge < -0.3 is 25.3 Å². The second kappa shape index (κ2) is 7.86. The first kappa shape index (κ1) is 22.4. The van der Waals surface area contributed by atoms with Crippen LogP contribution in [0.1, 0.15) is 19.7 Å². The summed E-state index contributed by atoms with van der Waals surface area (Å²) in [4.78, 5) is 24.5. The first-order chi connectivity index (χ1) is 16.5. The monoisotopic (exact) mass is 483 g/mol. The van der Waals surface area contributed by atoms with Gasteiger partial charge in [0.25, 0.3) is 5.91 Å². The molecule has 1 aliphatic rings. The normalized spacial score (nSPS) is 14.7. The van der Waals surface area contributed by atoms with Crippen LogP contribution < -0.4 is 20.7 Å². The maximum atomic E-state index is 13.2. The van der Waals surface area contributed by atoms with E-state index in [9.17, 15) is 18.0 Å². The third-order valence-electron chi connectivity index (χ3n) is 5.46. The average Bonchev–Trinajstić information content (AvgIpc) is 3.11. The van der Waals surface area contributed by atoms with E-state index >= 15 is 0 Å². The molecule has 0 fully saturated rings. The minimum Gasteiger partial charge on any atom is -0.476 e. The number of nitrogens with zero attached hydrogens (tertiary/aromatic N) is 4. The van der Waals surface area contributed by atoms with Crippen molar-refractivity contribution in [3.05, 3.63) is 54.5 Å². The van der Waals surface area contributed by atoms with Crippen LogP contribution in [-0.4, -0.2) is 31.0 Å². The van der Waals surface area contributed by atoms with Gasteiger partial charge in [0.2, 0.25) is 11.8 Å². The second-order valence-corrected chi connectivity index (χ2v) is 8.49. The predicted molar refractivity (Wildman–Crippen MR) is 124 cm³/mol. The number of fused-ring (bicyclic) bond motifs is 2. The Kier molecular flexibility index (Phi) is 5.04. The Morgan fingerprint density at radius 1 is 1.03 bits per heavy atom. The fourth-order valence-corrected chi connectivity index (χ4v) is 3.69. The molecule has 0 radical (unpaired) electrons. The van der Waals surface area contributed by atoms with Crippen LogP contribution in [0.4, 0.5) is 42.0 Å². The molecule has 35 heavy (non-hydrogen) atoms. The molecule has 3 N–H and O–H groups in total. The number of nitrogens with one attached hydrogen (secondary N) is 3. The Morgan fingerprint density at radius 3 is 2.54 bits per heavy atom. The van der Waals surface area contributed by atoms with Crippen molar-refractivity contribution in [2.75, 3.05) is 16.0 Å². The quantitative estimate of drug-likeness (QED) is 0.376. The van der Waals surface area contributed by atoms with Gasteiger partial charge >= 0.3 is 6.18 Å². The van der Waals surface area contributed by atoms with E-state index in [4.69, 9.17) is 4.74 Å². The Bertz CT molecular complexity index is 1460. The van der Waals surface area contributed by atoms with Crippen LogP contribution in [-0.2, 0) is 18.0 Å². The molecule has 9 nitrogen and oxygen atoms in total. The maximum absolute atomic E-state index is 13.2. The van der Waals surface area contributed by atoms with Gasteiger partial charge in [-0.05, 0) is 56.3 Å². The van der Waals surface area contributed by atoms with Gasteiger partial charge in [0.1, 0.15) is 11.6 Å². The van der Waals surface area contributed by atoms with Crippen LogP contribution in [0.5, 0.6) is 5.75 Å². The summed E-state index contributed by atoms with van der Waals surface area (Å²) in [6, 6.07) is 11.6. The van der Waals surface area contributed by atoms with Gasteiger partial charge in [-0.1, -0.05) is 0 Å². The molecule has 1 aliphatic heterocycles. The zero-order valence-electron chi connectivity index (χ0n) is 18.9. The Morgan fingerprint density at radius 2 is 1.77 bits per heavy atom. The molecule has 2 aromatic heterocycles. The number of anilines is 5. The summed E-state index contributed by atoms with van der Waals surface area (Å²) in [5, 5.41) is 8.94. The third-order valence-corrected chi connectivity index (χ3v) is 5.46. The summed E-state index contributed by atoms with van der Waals surface area (Å²) in [6.07, 6.45) is -3.02. The van der Waals surface area contributed by atoms with E-state index < -0.39 is 17.6 Å². The number of carbonyl (C=O) groups excluding carboxylic acids is 1. The number of hydrogen-bond acceptors (Lipinski definition) is 7. The molecule has 4 aromatic rings. The van der Waals surface area contributed by atoms with E-state index in [-0.39, 0.29) is 17.4 Å². The third kappa shape index (κ3) is 4.29. The number of alkyl halides is 3. The lowest BCUT2D eigenvalue weighted by molar-refractivity contribution is -0.146. The molecule has 12 heteroatoms. The first-order valence-corrected chi connectivity index (χ1v) is 10.5. The second-order valence-electron chi connectivity index (χ2n) is 8.49. The van der Waals surface area contributed by atoms with Crippen LogP contribution >= 0.6 is 0 Å². The summed E-state index contributed by atoms with van der Waals surface area (Å²) in [6.45, 7) is 3.38. The first-order valence-electron chi connectivity index (χ1n) is 10.5. The van der Waals surface area contributed by atoms with Crippen molar-refractivity contribution in [2.24, 2.45) is 7.05 Å². The molecular weight excluding hydrogens is 463 g/mol. The van der Waals surface area contributed by atoms with E-state index in [0.717, 1.165) is 4.57 Å². The molecule has 0 unspecified atom stereocenters. The van der Waals surface area contributed by atoms with E-state index in [1.165, 1.54) is 19.3 Å². The zero-order valence-corrected chi connectivity index (χ0v) is 18.9. The van der Waals surface area contributed by atoms with Gasteiger partial charge in [-0.15, -0.1) is 0 Å². The molecule has 0 spiro atoms. The van der Waals surface area contributed by atoms with Gasteiger partial charge in [0, 0.05) is 24.6 Å². The highest BCUT2D eigenvalue weighted by atomic mass is 19.4. The number of rotatable bonds is 4. The molecule has 5 rings (SSSR count). The predicted octanol–water partition coefficient (Wildman–Crippen LogP) is 4.98. The summed E-state index contributed by atoms with van der Waals surface area (Å²) < 4.78 is 46.2. The number of aryl methyl sites for hydroxylation is 1. The van der Waals surface area contributed by atoms with Gasteiger partial charge in [0.15, 0.2) is 5.60 Å². The summed E-state index contributed by atoms with van der Waals surface area (Å²) in [5.41, 5.74) is 1.27. The van der Waals surface area contributed by atoms with E-state index in [1.54, 1.807) is 50.2 Å². The van der Waals surface area contributed by atoms with Gasteiger partial charge in [-0.3, -0.25) is 4.79 Å². The SMILES string of the molecule is Cn1c(C(F)(F)F)nc2cc(Nc3nccc(Nc4ccc5c(c4)NC(=O)C(C)(C)O5)n3)ccc21. The molecule has 0 aliphatic carbocycles. The fraction of sp³-hybridized carbons (Fsp3) is 0.217. The number of halogens is 3. The standard InChI is InChI=1S/C23H20F3N7O2/c1-22(2)20(34)31-15-11-12(5-7-17(15)35-22)28-18-8-9-27-21(32-18)29-13-4-6-16-14(10-13)30-19(33(16)3)23(24,25)26/h4-11H,1-3H3,(H,31,34)(H2,27,28,29,32). The van der Waals surface area contributed by atoms with E-state index in [2.05, 4.69) is 30.9 Å². The largest absolute Gasteiger partial charge is 0.476 e. The molecule has 0 saturated heterocycles. The Hall–Kier alpha value is -4.35. The highest BCUT2D eigenvalue weighted by molar-refractivity contribution is 6.00. The minimum absolute atomic E-state index is 0.195. The average molecular weight is 483 g/mol. The molecule has 0 bridgehead atoms. The molecule has 2 aromatic carbocycles. The van der Waals surface area contributed by atoms with Crippen molar-refractivity contribution in [2.45, 2.75) is 25.6 Å². The Labute approximate surface area is 197 Å². The van der Waals surface area contributed by atoms with Crippen molar-refractivity contribution in [3.8, 4) is 5.75 Å². The number of imidazole rings is 1. The minimum atomic E-state index is -4.55. The highest BCUT2D eigenvalue weighted by Gasteiger charge is 2.37. The van der Waals surface area contributed by atoms with Gasteiger partial charge in [-0.25, -0.2) is 9.97 Å². The van der Waals surface area contributed by atoms with Crippen molar-refractivity contribution in [3.63, 3.8) is 0 Å². The van der Waals surface area contributed by atoms with Crippen molar-refractivity contribution >= 4 is 45.8 Å². The van der Waals surface area contributed by atoms with Crippen LogP contribution in [0.2, 0.25) is 0 Å². The molecule has 0 saturated carbocycles. The molecule has 3 heterocycles. The van der Waals surface area contributed by atoms with Crippen molar-refractivity contribution in [1.29, 1.82) is 0 Å². The summed E-state index contributed by atoms with van der Waals surface area (Å²) in [7, 11) is 1.32. The highest BCUT2D eigenvalue weighted by Crippen LogP contribution is 2.36. The van der Waals surface area contributed by atoms with Crippen LogP contribution in [0, 0.1) is 0 Å². The van der Waals surface area contributed by atoms with Gasteiger partial charge in [-0.2, -0.15) is 18.2 Å². The summed E-state index contributed by atoms with van der Waals surface area (Å²) >= 11 is 0. The maximum Gasteiger partial charge on any atom is 0.449 e. The lowest BCUT2D eigenvalue weighted by atomic mass is 10.1. The van der Waals surface area contributed by atoms with Crippen molar-refractivity contribution < 1.29 is 22.7 Å². The smallest absolute Gasteiger partial charge is 0.449 e. The van der Waals surface area contributed by atoms with Gasteiger partial charge in [0.05, 0.1) is 16.7 Å². The number of ether oxygens (including phenoxy) is 1. The number of aromatic nitrogens is 4. The van der Waals surface area contributed by atoms with Crippen LogP contribution in [0.25, 0.3) is 11.0 Å². The number of carbonyl (C=O) groups is 1. The van der Waals surface area contributed by atoms with E-state index in [1.807, 2.05) is 0 Å². The Balaban J connectivity index is 1.35. The molecule has 180 valence electrons. The number of hydrogen-bond donors (Lipinski definition) is 3. The zero-order chi connectivity index (χ0) is 25.0. The number of amides is 1. The van der Waals surface area contributed by atoms with Crippen LogP contribution in [0.3, 0.4) is 0 Å².